The second-order valence-electron chi connectivity index (χ2n) is 2.33. The number of hydrogen-bond acceptors (Lipinski definition) is 3. The lowest BCUT2D eigenvalue weighted by molar-refractivity contribution is -0.160. The topological polar surface area (TPSA) is 18.5 Å². The highest BCUT2D eigenvalue weighted by Gasteiger charge is 2.07. The maximum Gasteiger partial charge on any atom is 0.128 e. The van der Waals surface area contributed by atoms with Crippen LogP contribution in [0.5, 0.6) is 0 Å². The van der Waals surface area contributed by atoms with Crippen LogP contribution in [0.1, 0.15) is 5.56 Å². The van der Waals surface area contributed by atoms with Crippen LogP contribution < -0.4 is 0 Å². The van der Waals surface area contributed by atoms with Crippen molar-refractivity contribution >= 4 is 23.6 Å². The Balaban J connectivity index is 2.92. The van der Waals surface area contributed by atoms with Crippen molar-refractivity contribution < 1.29 is 13.6 Å². The van der Waals surface area contributed by atoms with Crippen molar-refractivity contribution in [2.24, 2.45) is 0 Å². The van der Waals surface area contributed by atoms with Crippen LogP contribution in [0.15, 0.2) is 17.0 Å². The van der Waals surface area contributed by atoms with Gasteiger partial charge in [-0.05, 0) is 19.1 Å². The van der Waals surface area contributed by atoms with E-state index < -0.39 is 0 Å². The van der Waals surface area contributed by atoms with Gasteiger partial charge in [0.2, 0.25) is 0 Å². The van der Waals surface area contributed by atoms with Gasteiger partial charge in [-0.25, -0.2) is 9.28 Å². The maximum absolute atomic E-state index is 13.1. The molecule has 0 bridgehead atoms. The first-order valence-electron chi connectivity index (χ1n) is 3.48. The summed E-state index contributed by atoms with van der Waals surface area (Å²) in [4.78, 5) is 4.98. The molecule has 0 aromatic heterocycles. The van der Waals surface area contributed by atoms with Crippen LogP contribution in [0.3, 0.4) is 0 Å². The van der Waals surface area contributed by atoms with Crippen molar-refractivity contribution in [1.29, 1.82) is 0 Å². The van der Waals surface area contributed by atoms with Crippen molar-refractivity contribution in [1.82, 2.24) is 0 Å². The highest BCUT2D eigenvalue weighted by molar-refractivity contribution is 7.94. The zero-order valence-corrected chi connectivity index (χ0v) is 8.71. The molecule has 0 heterocycles. The van der Waals surface area contributed by atoms with Crippen molar-refractivity contribution in [3.05, 3.63) is 28.5 Å². The standard InChI is InChI=1S/C8H8ClFO2S/c1-5-7(10)3-6(9)4-8(5)13-12-11-2/h3-4H,1-2H3. The van der Waals surface area contributed by atoms with E-state index in [9.17, 15) is 4.39 Å². The lowest BCUT2D eigenvalue weighted by Crippen LogP contribution is -1.87. The molecule has 0 fully saturated rings. The summed E-state index contributed by atoms with van der Waals surface area (Å²) in [7, 11) is 1.38. The molecule has 5 heteroatoms. The average molecular weight is 223 g/mol. The van der Waals surface area contributed by atoms with Crippen molar-refractivity contribution in [2.75, 3.05) is 7.11 Å². The van der Waals surface area contributed by atoms with E-state index in [-0.39, 0.29) is 5.82 Å². The largest absolute Gasteiger partial charge is 0.227 e. The maximum atomic E-state index is 13.1. The molecule has 0 aliphatic rings. The summed E-state index contributed by atoms with van der Waals surface area (Å²) >= 11 is 6.58. The Bertz CT molecular complexity index is 306. The van der Waals surface area contributed by atoms with E-state index >= 15 is 0 Å². The highest BCUT2D eigenvalue weighted by atomic mass is 35.5. The first kappa shape index (κ1) is 10.8. The second kappa shape index (κ2) is 4.81. The zero-order valence-electron chi connectivity index (χ0n) is 7.14. The molecule has 0 saturated carbocycles. The van der Waals surface area contributed by atoms with Gasteiger partial charge >= 0.3 is 0 Å². The van der Waals surface area contributed by atoms with E-state index in [1.54, 1.807) is 13.0 Å². The molecule has 13 heavy (non-hydrogen) atoms. The summed E-state index contributed by atoms with van der Waals surface area (Å²) in [5.74, 6) is -0.352. The minimum Gasteiger partial charge on any atom is -0.227 e. The van der Waals surface area contributed by atoms with Crippen LogP contribution in [0.4, 0.5) is 4.39 Å². The highest BCUT2D eigenvalue weighted by Crippen LogP contribution is 2.28. The molecule has 0 saturated heterocycles. The molecule has 0 aliphatic carbocycles. The summed E-state index contributed by atoms with van der Waals surface area (Å²) in [5, 5.41) is 0.338. The first-order chi connectivity index (χ1) is 6.15. The molecule has 0 aliphatic heterocycles. The van der Waals surface area contributed by atoms with Gasteiger partial charge in [-0.15, -0.1) is 0 Å². The van der Waals surface area contributed by atoms with Gasteiger partial charge in [0.05, 0.1) is 19.2 Å². The lowest BCUT2D eigenvalue weighted by atomic mass is 10.2. The smallest absolute Gasteiger partial charge is 0.128 e. The Morgan fingerprint density at radius 2 is 2.15 bits per heavy atom. The minimum absolute atomic E-state index is 0.338. The van der Waals surface area contributed by atoms with Gasteiger partial charge in [0, 0.05) is 15.5 Å². The van der Waals surface area contributed by atoms with E-state index in [0.29, 0.717) is 15.5 Å². The van der Waals surface area contributed by atoms with Crippen LogP contribution >= 0.6 is 23.6 Å². The molecule has 0 unspecified atom stereocenters. The number of benzene rings is 1. The first-order valence-corrected chi connectivity index (χ1v) is 4.60. The molecule has 2 nitrogen and oxygen atoms in total. The number of rotatable bonds is 3. The molecule has 1 aromatic rings. The summed E-state index contributed by atoms with van der Waals surface area (Å²) in [6.45, 7) is 1.65. The molecule has 0 radical (unpaired) electrons. The molecule has 1 aromatic carbocycles. The fraction of sp³-hybridized carbons (Fsp3) is 0.250. The Morgan fingerprint density at radius 3 is 2.77 bits per heavy atom. The van der Waals surface area contributed by atoms with Gasteiger partial charge in [-0.2, -0.15) is 4.33 Å². The van der Waals surface area contributed by atoms with Crippen LogP contribution in [0.2, 0.25) is 5.02 Å². The van der Waals surface area contributed by atoms with Gasteiger partial charge in [-0.3, -0.25) is 0 Å². The fourth-order valence-corrected chi connectivity index (χ4v) is 1.59. The number of halogens is 2. The van der Waals surface area contributed by atoms with Gasteiger partial charge in [0.25, 0.3) is 0 Å². The Hall–Kier alpha value is -0.290. The molecular weight excluding hydrogens is 215 g/mol. The van der Waals surface area contributed by atoms with E-state index in [1.165, 1.54) is 13.2 Å². The van der Waals surface area contributed by atoms with Crippen LogP contribution in [-0.2, 0) is 9.22 Å². The Kier molecular flexibility index (Phi) is 3.99. The molecule has 1 rings (SSSR count). The molecule has 0 N–H and O–H groups in total. The summed E-state index contributed by atoms with van der Waals surface area (Å²) in [6, 6.07) is 2.87. The Labute approximate surface area is 85.1 Å². The molecule has 0 amide bonds. The van der Waals surface area contributed by atoms with E-state index in [2.05, 4.69) is 9.22 Å². The van der Waals surface area contributed by atoms with Crippen LogP contribution in [-0.4, -0.2) is 7.11 Å². The average Bonchev–Trinajstić information content (AvgIpc) is 2.09. The predicted molar refractivity (Wildman–Crippen MR) is 50.1 cm³/mol. The van der Waals surface area contributed by atoms with Gasteiger partial charge in [-0.1, -0.05) is 11.6 Å². The van der Waals surface area contributed by atoms with Crippen LogP contribution in [0, 0.1) is 12.7 Å². The SMILES string of the molecule is COOSc1cc(Cl)cc(F)c1C. The van der Waals surface area contributed by atoms with E-state index in [0.717, 1.165) is 12.0 Å². The summed E-state index contributed by atoms with van der Waals surface area (Å²) in [6.07, 6.45) is 0. The van der Waals surface area contributed by atoms with Crippen molar-refractivity contribution in [2.45, 2.75) is 11.8 Å². The third kappa shape index (κ3) is 2.84. The molecular formula is C8H8ClFO2S. The lowest BCUT2D eigenvalue weighted by Gasteiger charge is -2.04. The van der Waals surface area contributed by atoms with Gasteiger partial charge in [0.15, 0.2) is 0 Å². The third-order valence-electron chi connectivity index (χ3n) is 1.45. The van der Waals surface area contributed by atoms with Gasteiger partial charge in [0.1, 0.15) is 5.82 Å². The molecule has 72 valence electrons. The summed E-state index contributed by atoms with van der Waals surface area (Å²) < 4.78 is 17.7. The Morgan fingerprint density at radius 1 is 1.46 bits per heavy atom. The number of hydrogen-bond donors (Lipinski definition) is 0. The monoisotopic (exact) mass is 222 g/mol. The zero-order chi connectivity index (χ0) is 9.84. The van der Waals surface area contributed by atoms with Crippen molar-refractivity contribution in [3.8, 4) is 0 Å². The van der Waals surface area contributed by atoms with Crippen molar-refractivity contribution in [3.63, 3.8) is 0 Å². The third-order valence-corrected chi connectivity index (χ3v) is 2.48. The van der Waals surface area contributed by atoms with E-state index in [4.69, 9.17) is 11.6 Å². The normalized spacial score (nSPS) is 10.5. The molecule has 0 atom stereocenters. The predicted octanol–water partition coefficient (Wildman–Crippen LogP) is 3.37. The van der Waals surface area contributed by atoms with E-state index in [1.807, 2.05) is 0 Å². The fourth-order valence-electron chi connectivity index (χ4n) is 0.779. The quantitative estimate of drug-likeness (QED) is 0.444. The minimum atomic E-state index is -0.352. The van der Waals surface area contributed by atoms with Crippen LogP contribution in [0.25, 0.3) is 0 Å². The second-order valence-corrected chi connectivity index (χ2v) is 3.51. The molecule has 0 spiro atoms. The summed E-state index contributed by atoms with van der Waals surface area (Å²) in [5.41, 5.74) is 0.492. The van der Waals surface area contributed by atoms with Gasteiger partial charge < -0.3 is 0 Å².